The van der Waals surface area contributed by atoms with E-state index in [9.17, 15) is 0 Å². The maximum absolute atomic E-state index is 5.32. The molecule has 6 nitrogen and oxygen atoms in total. The first kappa shape index (κ1) is 53.9. The Morgan fingerprint density at radius 1 is 0.239 bits per heavy atom. The Hall–Kier alpha value is -10.8. The second-order valence-corrected chi connectivity index (χ2v) is 24.3. The van der Waals surface area contributed by atoms with Gasteiger partial charge in [0.1, 0.15) is 0 Å². The average molecular weight is 1130 g/mol. The van der Waals surface area contributed by atoms with E-state index in [0.29, 0.717) is 17.5 Å². The Labute approximate surface area is 513 Å². The molecule has 88 heavy (non-hydrogen) atoms. The number of hydrogen-bond acceptors (Lipinski definition) is 4. The Kier molecular flexibility index (Phi) is 13.2. The molecule has 0 atom stereocenters. The lowest BCUT2D eigenvalue weighted by Crippen LogP contribution is -2.04. The molecule has 0 amide bonds. The van der Waals surface area contributed by atoms with Gasteiger partial charge in [0, 0.05) is 61.8 Å². The van der Waals surface area contributed by atoms with Crippen LogP contribution >= 0.6 is 0 Å². The highest BCUT2D eigenvalue weighted by Gasteiger charge is 2.24. The van der Waals surface area contributed by atoms with Crippen LogP contribution in [-0.4, -0.2) is 29.1 Å². The molecule has 0 aliphatic rings. The molecule has 0 saturated heterocycles. The molecule has 0 spiro atoms. The molecule has 11 aromatic carbocycles. The van der Waals surface area contributed by atoms with Crippen molar-refractivity contribution in [2.45, 2.75) is 55.4 Å². The first-order valence-electron chi connectivity index (χ1n) is 30.3. The fourth-order valence-electron chi connectivity index (χ4n) is 13.7. The summed E-state index contributed by atoms with van der Waals surface area (Å²) in [5.41, 5.74) is 30.4. The van der Waals surface area contributed by atoms with Crippen molar-refractivity contribution in [3.8, 4) is 101 Å². The molecule has 15 aromatic rings. The van der Waals surface area contributed by atoms with Crippen molar-refractivity contribution in [3.63, 3.8) is 0 Å². The maximum atomic E-state index is 5.32. The average Bonchev–Trinajstić information content (AvgIpc) is 2.90. The largest absolute Gasteiger partial charge is 0.309 e. The minimum atomic E-state index is 0.573. The molecule has 0 bridgehead atoms. The van der Waals surface area contributed by atoms with Gasteiger partial charge in [0.25, 0.3) is 0 Å². The van der Waals surface area contributed by atoms with E-state index in [4.69, 9.17) is 19.9 Å². The SMILES string of the molecule is Cc1cc(C)cc(-c2ccc3c(c2)c2cc(-c4cc(C)cc(C)c4)ccc2n3-c2ccncc2-c2ccc(-c3nc(-c4ccccc4)nc(-c4ccccc4)n3)cc2-n2c3ccc(-c4cc(C)cc(C)c4)cc3c3cc(-c4cc(C)cc(C)c4)ccc32)c1. The van der Waals surface area contributed by atoms with Gasteiger partial charge in [-0.3, -0.25) is 4.98 Å². The number of aromatic nitrogens is 6. The van der Waals surface area contributed by atoms with Crippen LogP contribution in [0.5, 0.6) is 0 Å². The number of rotatable bonds is 10. The third-order valence-corrected chi connectivity index (χ3v) is 17.3. The van der Waals surface area contributed by atoms with Gasteiger partial charge < -0.3 is 9.13 Å². The van der Waals surface area contributed by atoms with Crippen LogP contribution in [0.1, 0.15) is 44.5 Å². The lowest BCUT2D eigenvalue weighted by Gasteiger charge is -2.19. The molecule has 0 radical (unpaired) electrons. The summed E-state index contributed by atoms with van der Waals surface area (Å²) in [6, 6.07) is 84.7. The van der Waals surface area contributed by atoms with E-state index < -0.39 is 0 Å². The second kappa shape index (κ2) is 21.6. The molecule has 0 aliphatic heterocycles. The summed E-state index contributed by atoms with van der Waals surface area (Å²) in [4.78, 5) is 20.8. The molecular weight excluding hydrogens is 1070 g/mol. The minimum Gasteiger partial charge on any atom is -0.309 e. The quantitative estimate of drug-likeness (QED) is 0.137. The normalized spacial score (nSPS) is 11.6. The van der Waals surface area contributed by atoms with Crippen LogP contribution in [0.4, 0.5) is 0 Å². The maximum Gasteiger partial charge on any atom is 0.164 e. The van der Waals surface area contributed by atoms with Crippen molar-refractivity contribution in [3.05, 3.63) is 287 Å². The van der Waals surface area contributed by atoms with Gasteiger partial charge in [-0.15, -0.1) is 0 Å². The molecule has 15 rings (SSSR count). The third kappa shape index (κ3) is 9.83. The molecule has 4 heterocycles. The topological polar surface area (TPSA) is 61.4 Å². The summed E-state index contributed by atoms with van der Waals surface area (Å²) < 4.78 is 4.92. The Morgan fingerprint density at radius 3 is 0.909 bits per heavy atom. The smallest absolute Gasteiger partial charge is 0.164 e. The van der Waals surface area contributed by atoms with E-state index in [0.717, 1.165) is 72.0 Å². The number of fused-ring (bicyclic) bond motifs is 6. The van der Waals surface area contributed by atoms with Gasteiger partial charge >= 0.3 is 0 Å². The van der Waals surface area contributed by atoms with Crippen LogP contribution in [0.15, 0.2) is 243 Å². The van der Waals surface area contributed by atoms with Crippen molar-refractivity contribution in [1.82, 2.24) is 29.1 Å². The lowest BCUT2D eigenvalue weighted by molar-refractivity contribution is 1.07. The van der Waals surface area contributed by atoms with Crippen LogP contribution < -0.4 is 0 Å². The zero-order valence-electron chi connectivity index (χ0n) is 50.8. The van der Waals surface area contributed by atoms with Crippen molar-refractivity contribution < 1.29 is 0 Å². The number of aryl methyl sites for hydroxylation is 8. The Bertz CT molecular complexity index is 4940. The Morgan fingerprint density at radius 2 is 0.557 bits per heavy atom. The summed E-state index contributed by atoms with van der Waals surface area (Å²) in [6.45, 7) is 17.5. The zero-order valence-corrected chi connectivity index (χ0v) is 50.8. The summed E-state index contributed by atoms with van der Waals surface area (Å²) in [5.74, 6) is 1.78. The van der Waals surface area contributed by atoms with Gasteiger partial charge in [-0.05, 0) is 161 Å². The van der Waals surface area contributed by atoms with E-state index in [-0.39, 0.29) is 0 Å². The molecule has 4 aromatic heterocycles. The van der Waals surface area contributed by atoms with E-state index >= 15 is 0 Å². The fraction of sp³-hybridized carbons (Fsp3) is 0.0976. The number of benzene rings is 11. The van der Waals surface area contributed by atoms with Crippen molar-refractivity contribution in [2.24, 2.45) is 0 Å². The second-order valence-electron chi connectivity index (χ2n) is 24.3. The lowest BCUT2D eigenvalue weighted by atomic mass is 9.97. The minimum absolute atomic E-state index is 0.573. The van der Waals surface area contributed by atoms with Gasteiger partial charge in [-0.1, -0.05) is 214 Å². The number of hydrogen-bond donors (Lipinski definition) is 0. The number of nitrogens with zero attached hydrogens (tertiary/aromatic N) is 6. The molecule has 0 N–H and O–H groups in total. The van der Waals surface area contributed by atoms with Gasteiger partial charge in [0.05, 0.1) is 33.4 Å². The molecule has 0 aliphatic carbocycles. The van der Waals surface area contributed by atoms with Gasteiger partial charge in [-0.25, -0.2) is 15.0 Å². The van der Waals surface area contributed by atoms with Gasteiger partial charge in [0.15, 0.2) is 17.5 Å². The highest BCUT2D eigenvalue weighted by atomic mass is 15.0. The molecule has 0 saturated carbocycles. The predicted octanol–water partition coefficient (Wildman–Crippen LogP) is 21.3. The Balaban J connectivity index is 1.02. The van der Waals surface area contributed by atoms with Crippen LogP contribution in [0.2, 0.25) is 0 Å². The van der Waals surface area contributed by atoms with E-state index in [2.05, 4.69) is 259 Å². The van der Waals surface area contributed by atoms with E-state index in [1.807, 2.05) is 48.8 Å². The van der Waals surface area contributed by atoms with Crippen molar-refractivity contribution in [1.29, 1.82) is 0 Å². The standard InChI is InChI=1S/C82H64N6/c1-49-31-50(2)36-64(35-49)59-20-25-74-69(43-59)70-44-60(65-37-51(3)32-52(4)38-65)21-26-75(70)87(74)78-29-30-83-48-73(78)68-24-19-63(82-85-80(57-15-11-9-12-16-57)84-81(86-82)58-17-13-10-14-18-58)47-79(68)88-76-27-22-61(66-39-53(5)33-54(6)40-66)45-71(76)72-46-62(23-28-77(72)88)67-41-55(7)34-56(8)42-67/h9-48H,1-8H3. The van der Waals surface area contributed by atoms with Crippen molar-refractivity contribution >= 4 is 43.6 Å². The predicted molar refractivity (Wildman–Crippen MR) is 368 cm³/mol. The molecule has 6 heteroatoms. The van der Waals surface area contributed by atoms with Crippen molar-refractivity contribution in [2.75, 3.05) is 0 Å². The number of pyridine rings is 1. The van der Waals surface area contributed by atoms with E-state index in [1.54, 1.807) is 0 Å². The van der Waals surface area contributed by atoms with Gasteiger partial charge in [-0.2, -0.15) is 0 Å². The van der Waals surface area contributed by atoms with Crippen LogP contribution in [-0.2, 0) is 0 Å². The third-order valence-electron chi connectivity index (χ3n) is 17.3. The molecular formula is C82H64N6. The molecule has 0 fully saturated rings. The first-order valence-corrected chi connectivity index (χ1v) is 30.3. The molecule has 0 unspecified atom stereocenters. The summed E-state index contributed by atoms with van der Waals surface area (Å²) in [5, 5.41) is 4.66. The van der Waals surface area contributed by atoms with E-state index in [1.165, 1.54) is 99.8 Å². The molecule has 422 valence electrons. The highest BCUT2D eigenvalue weighted by Crippen LogP contribution is 2.45. The summed E-state index contributed by atoms with van der Waals surface area (Å²) in [7, 11) is 0. The monoisotopic (exact) mass is 1130 g/mol. The first-order chi connectivity index (χ1) is 42.8. The van der Waals surface area contributed by atoms with Gasteiger partial charge in [0.2, 0.25) is 0 Å². The summed E-state index contributed by atoms with van der Waals surface area (Å²) in [6.07, 6.45) is 3.98. The van der Waals surface area contributed by atoms with Crippen LogP contribution in [0, 0.1) is 55.4 Å². The fourth-order valence-corrected chi connectivity index (χ4v) is 13.7. The van der Waals surface area contributed by atoms with Crippen LogP contribution in [0.3, 0.4) is 0 Å². The highest BCUT2D eigenvalue weighted by molar-refractivity contribution is 6.14. The van der Waals surface area contributed by atoms with Crippen LogP contribution in [0.25, 0.3) is 145 Å². The zero-order chi connectivity index (χ0) is 59.9. The summed E-state index contributed by atoms with van der Waals surface area (Å²) >= 11 is 0.